The van der Waals surface area contributed by atoms with Crippen molar-refractivity contribution in [2.75, 3.05) is 6.61 Å². The van der Waals surface area contributed by atoms with Crippen molar-refractivity contribution in [3.63, 3.8) is 0 Å². The summed E-state index contributed by atoms with van der Waals surface area (Å²) in [5.74, 6) is -0.792. The van der Waals surface area contributed by atoms with Crippen molar-refractivity contribution < 1.29 is 18.7 Å². The summed E-state index contributed by atoms with van der Waals surface area (Å²) in [5, 5.41) is 4.18. The first-order valence-corrected chi connectivity index (χ1v) is 7.09. The second kappa shape index (κ2) is 6.71. The highest BCUT2D eigenvalue weighted by atomic mass is 79.9. The van der Waals surface area contributed by atoms with Crippen LogP contribution in [0.4, 0.5) is 4.39 Å². The Kier molecular flexibility index (Phi) is 4.95. The SMILES string of the molecule is CCOC(=O)c1c(Br)c(COc2ccccc2F)nn1C. The van der Waals surface area contributed by atoms with Gasteiger partial charge in [-0.3, -0.25) is 4.68 Å². The molecule has 0 radical (unpaired) electrons. The molecule has 0 fully saturated rings. The van der Waals surface area contributed by atoms with E-state index in [1.807, 2.05) is 0 Å². The molecule has 1 aromatic heterocycles. The zero-order valence-corrected chi connectivity index (χ0v) is 13.2. The molecule has 0 aliphatic carbocycles. The highest BCUT2D eigenvalue weighted by Crippen LogP contribution is 2.24. The number of hydrogen-bond acceptors (Lipinski definition) is 4. The Morgan fingerprint density at radius 2 is 2.14 bits per heavy atom. The highest BCUT2D eigenvalue weighted by Gasteiger charge is 2.21. The Bertz CT molecular complexity index is 658. The number of hydrogen-bond donors (Lipinski definition) is 0. The molecule has 7 heteroatoms. The minimum absolute atomic E-state index is 0.0365. The number of halogens is 2. The molecular formula is C14H14BrFN2O3. The van der Waals surface area contributed by atoms with Gasteiger partial charge in [0.25, 0.3) is 0 Å². The van der Waals surface area contributed by atoms with Crippen molar-refractivity contribution >= 4 is 21.9 Å². The molecule has 2 rings (SSSR count). The van der Waals surface area contributed by atoms with Crippen LogP contribution in [0.5, 0.6) is 5.75 Å². The number of esters is 1. The summed E-state index contributed by atoms with van der Waals surface area (Å²) >= 11 is 3.31. The summed E-state index contributed by atoms with van der Waals surface area (Å²) in [5.41, 5.74) is 0.785. The summed E-state index contributed by atoms with van der Waals surface area (Å²) in [4.78, 5) is 11.8. The van der Waals surface area contributed by atoms with Gasteiger partial charge in [0.1, 0.15) is 12.3 Å². The second-order valence-electron chi connectivity index (χ2n) is 4.17. The number of benzene rings is 1. The van der Waals surface area contributed by atoms with Crippen molar-refractivity contribution in [1.29, 1.82) is 0 Å². The number of carbonyl (C=O) groups excluding carboxylic acids is 1. The fraction of sp³-hybridized carbons (Fsp3) is 0.286. The summed E-state index contributed by atoms with van der Waals surface area (Å²) < 4.78 is 25.7. The predicted octanol–water partition coefficient (Wildman–Crippen LogP) is 3.08. The minimum atomic E-state index is -0.475. The van der Waals surface area contributed by atoms with Crippen molar-refractivity contribution in [2.45, 2.75) is 13.5 Å². The molecule has 2 aromatic rings. The van der Waals surface area contributed by atoms with Crippen LogP contribution in [0.15, 0.2) is 28.7 Å². The average Bonchev–Trinajstić information content (AvgIpc) is 2.73. The fourth-order valence-corrected chi connectivity index (χ4v) is 2.39. The van der Waals surface area contributed by atoms with Crippen molar-refractivity contribution in [3.8, 4) is 5.75 Å². The Balaban J connectivity index is 2.17. The zero-order chi connectivity index (χ0) is 15.4. The van der Waals surface area contributed by atoms with Gasteiger partial charge < -0.3 is 9.47 Å². The van der Waals surface area contributed by atoms with E-state index in [4.69, 9.17) is 9.47 Å². The average molecular weight is 357 g/mol. The van der Waals surface area contributed by atoms with E-state index < -0.39 is 11.8 Å². The molecule has 112 valence electrons. The number of carbonyl (C=O) groups is 1. The minimum Gasteiger partial charge on any atom is -0.484 e. The molecule has 5 nitrogen and oxygen atoms in total. The first kappa shape index (κ1) is 15.5. The van der Waals surface area contributed by atoms with Crippen LogP contribution < -0.4 is 4.74 Å². The molecule has 0 aliphatic rings. The topological polar surface area (TPSA) is 53.4 Å². The molecule has 0 unspecified atom stereocenters. The number of aromatic nitrogens is 2. The molecular weight excluding hydrogens is 343 g/mol. The molecule has 0 atom stereocenters. The van der Waals surface area contributed by atoms with Crippen molar-refractivity contribution in [3.05, 3.63) is 45.9 Å². The molecule has 0 N–H and O–H groups in total. The van der Waals surface area contributed by atoms with Crippen LogP contribution in [0, 0.1) is 5.82 Å². The number of para-hydroxylation sites is 1. The maximum Gasteiger partial charge on any atom is 0.357 e. The van der Waals surface area contributed by atoms with Crippen molar-refractivity contribution in [2.24, 2.45) is 7.05 Å². The molecule has 0 aliphatic heterocycles. The third-order valence-electron chi connectivity index (χ3n) is 2.73. The molecule has 1 heterocycles. The maximum atomic E-state index is 13.5. The first-order chi connectivity index (χ1) is 10.0. The molecule has 0 amide bonds. The van der Waals surface area contributed by atoms with Crippen LogP contribution in [-0.4, -0.2) is 22.4 Å². The van der Waals surface area contributed by atoms with E-state index in [0.717, 1.165) is 0 Å². The molecule has 21 heavy (non-hydrogen) atoms. The van der Waals surface area contributed by atoms with E-state index in [2.05, 4.69) is 21.0 Å². The number of nitrogens with zero attached hydrogens (tertiary/aromatic N) is 2. The van der Waals surface area contributed by atoms with Gasteiger partial charge in [-0.2, -0.15) is 5.10 Å². The normalized spacial score (nSPS) is 10.5. The van der Waals surface area contributed by atoms with Crippen LogP contribution >= 0.6 is 15.9 Å². The third-order valence-corrected chi connectivity index (χ3v) is 3.56. The lowest BCUT2D eigenvalue weighted by Crippen LogP contribution is -2.10. The van der Waals surface area contributed by atoms with Gasteiger partial charge in [0.2, 0.25) is 0 Å². The van der Waals surface area contributed by atoms with E-state index in [1.165, 1.54) is 16.8 Å². The van der Waals surface area contributed by atoms with Gasteiger partial charge in [-0.25, -0.2) is 9.18 Å². The Labute approximate surface area is 129 Å². The lowest BCUT2D eigenvalue weighted by atomic mass is 10.3. The zero-order valence-electron chi connectivity index (χ0n) is 11.6. The molecule has 1 aromatic carbocycles. The molecule has 0 bridgehead atoms. The van der Waals surface area contributed by atoms with Crippen LogP contribution in [0.1, 0.15) is 23.1 Å². The van der Waals surface area contributed by atoms with Gasteiger partial charge in [-0.15, -0.1) is 0 Å². The summed E-state index contributed by atoms with van der Waals surface area (Å²) in [6.45, 7) is 2.04. The Morgan fingerprint density at radius 1 is 1.43 bits per heavy atom. The lowest BCUT2D eigenvalue weighted by molar-refractivity contribution is 0.0512. The molecule has 0 saturated carbocycles. The van der Waals surface area contributed by atoms with Crippen LogP contribution in [-0.2, 0) is 18.4 Å². The van der Waals surface area contributed by atoms with Crippen LogP contribution in [0.2, 0.25) is 0 Å². The van der Waals surface area contributed by atoms with Gasteiger partial charge in [0.05, 0.1) is 11.1 Å². The number of ether oxygens (including phenoxy) is 2. The van der Waals surface area contributed by atoms with E-state index >= 15 is 0 Å². The van der Waals surface area contributed by atoms with Crippen molar-refractivity contribution in [1.82, 2.24) is 9.78 Å². The van der Waals surface area contributed by atoms with E-state index in [0.29, 0.717) is 15.9 Å². The maximum absolute atomic E-state index is 13.5. The monoisotopic (exact) mass is 356 g/mol. The Hall–Kier alpha value is -1.89. The quantitative estimate of drug-likeness (QED) is 0.772. The smallest absolute Gasteiger partial charge is 0.357 e. The summed E-state index contributed by atoms with van der Waals surface area (Å²) in [6, 6.07) is 6.10. The van der Waals surface area contributed by atoms with Crippen LogP contribution in [0.3, 0.4) is 0 Å². The third kappa shape index (κ3) is 3.41. The predicted molar refractivity (Wildman–Crippen MR) is 77.6 cm³/mol. The van der Waals surface area contributed by atoms with Gasteiger partial charge in [0, 0.05) is 7.05 Å². The number of rotatable bonds is 5. The number of aryl methyl sites for hydroxylation is 1. The Morgan fingerprint density at radius 3 is 2.81 bits per heavy atom. The highest BCUT2D eigenvalue weighted by molar-refractivity contribution is 9.10. The van der Waals surface area contributed by atoms with E-state index in [-0.39, 0.29) is 19.0 Å². The summed E-state index contributed by atoms with van der Waals surface area (Å²) in [6.07, 6.45) is 0. The van der Waals surface area contributed by atoms with E-state index in [1.54, 1.807) is 26.1 Å². The molecule has 0 saturated heterocycles. The largest absolute Gasteiger partial charge is 0.484 e. The first-order valence-electron chi connectivity index (χ1n) is 6.30. The standard InChI is InChI=1S/C14H14BrFN2O3/c1-3-20-14(19)13-12(15)10(17-18(13)2)8-21-11-7-5-4-6-9(11)16/h4-7H,3,8H2,1-2H3. The molecule has 0 spiro atoms. The summed E-state index contributed by atoms with van der Waals surface area (Å²) in [7, 11) is 1.63. The van der Waals surface area contributed by atoms with E-state index in [9.17, 15) is 9.18 Å². The van der Waals surface area contributed by atoms with Gasteiger partial charge >= 0.3 is 5.97 Å². The fourth-order valence-electron chi connectivity index (χ4n) is 1.77. The lowest BCUT2D eigenvalue weighted by Gasteiger charge is -2.05. The van der Waals surface area contributed by atoms with Crippen LogP contribution in [0.25, 0.3) is 0 Å². The van der Waals surface area contributed by atoms with Gasteiger partial charge in [-0.1, -0.05) is 12.1 Å². The van der Waals surface area contributed by atoms with Gasteiger partial charge in [0.15, 0.2) is 17.3 Å². The second-order valence-corrected chi connectivity index (χ2v) is 4.97. The van der Waals surface area contributed by atoms with Gasteiger partial charge in [-0.05, 0) is 35.0 Å².